The number of nitro benzene ring substituents is 1. The number of carbonyl (C=O) groups excluding carboxylic acids is 1. The van der Waals surface area contributed by atoms with Gasteiger partial charge in [0, 0.05) is 17.8 Å². The number of amides is 1. The van der Waals surface area contributed by atoms with Crippen LogP contribution in [-0.2, 0) is 0 Å². The average molecular weight is 309 g/mol. The standard InChI is InChI=1S/C12H9ClN4O4/c1-21-9-3-2-7(6-8(9)17(19)20)11(18)16-12-14-5-4-10(13)15-12/h2-6H,1H3,(H,14,15,16,18). The van der Waals surface area contributed by atoms with Gasteiger partial charge >= 0.3 is 5.69 Å². The van der Waals surface area contributed by atoms with Crippen LogP contribution in [0.25, 0.3) is 0 Å². The molecule has 0 aliphatic heterocycles. The molecular formula is C12H9ClN4O4. The normalized spacial score (nSPS) is 10.0. The molecule has 1 aromatic heterocycles. The lowest BCUT2D eigenvalue weighted by Gasteiger charge is -2.05. The van der Waals surface area contributed by atoms with E-state index in [9.17, 15) is 14.9 Å². The van der Waals surface area contributed by atoms with E-state index in [-0.39, 0.29) is 28.1 Å². The largest absolute Gasteiger partial charge is 0.490 e. The van der Waals surface area contributed by atoms with Gasteiger partial charge in [-0.3, -0.25) is 20.2 Å². The lowest BCUT2D eigenvalue weighted by molar-refractivity contribution is -0.385. The topological polar surface area (TPSA) is 107 Å². The van der Waals surface area contributed by atoms with Gasteiger partial charge in [0.1, 0.15) is 5.15 Å². The summed E-state index contributed by atoms with van der Waals surface area (Å²) in [4.78, 5) is 29.9. The SMILES string of the molecule is COc1ccc(C(=O)Nc2nccc(Cl)n2)cc1[N+](=O)[O-]. The Labute approximate surface area is 123 Å². The minimum absolute atomic E-state index is 0.00553. The molecule has 21 heavy (non-hydrogen) atoms. The van der Waals surface area contributed by atoms with Crippen molar-refractivity contribution in [1.29, 1.82) is 0 Å². The van der Waals surface area contributed by atoms with Gasteiger partial charge in [0.05, 0.1) is 12.0 Å². The third kappa shape index (κ3) is 3.42. The summed E-state index contributed by atoms with van der Waals surface area (Å²) in [7, 11) is 1.31. The molecule has 0 unspecified atom stereocenters. The Morgan fingerprint density at radius 1 is 1.43 bits per heavy atom. The monoisotopic (exact) mass is 308 g/mol. The third-order valence-corrected chi connectivity index (χ3v) is 2.70. The predicted molar refractivity (Wildman–Crippen MR) is 74.6 cm³/mol. The molecule has 1 heterocycles. The number of rotatable bonds is 4. The van der Waals surface area contributed by atoms with Gasteiger partial charge in [-0.2, -0.15) is 0 Å². The van der Waals surface area contributed by atoms with Crippen molar-refractivity contribution < 1.29 is 14.5 Å². The minimum atomic E-state index is -0.633. The van der Waals surface area contributed by atoms with E-state index in [0.29, 0.717) is 0 Å². The number of methoxy groups -OCH3 is 1. The highest BCUT2D eigenvalue weighted by Crippen LogP contribution is 2.27. The van der Waals surface area contributed by atoms with Crippen LogP contribution in [-0.4, -0.2) is 27.9 Å². The van der Waals surface area contributed by atoms with Crippen molar-refractivity contribution in [3.05, 3.63) is 51.3 Å². The summed E-state index contributed by atoms with van der Waals surface area (Å²) in [6, 6.07) is 5.30. The number of benzene rings is 1. The number of aromatic nitrogens is 2. The van der Waals surface area contributed by atoms with E-state index >= 15 is 0 Å². The maximum absolute atomic E-state index is 12.0. The number of carbonyl (C=O) groups is 1. The lowest BCUT2D eigenvalue weighted by Crippen LogP contribution is -2.14. The Morgan fingerprint density at radius 2 is 2.19 bits per heavy atom. The number of ether oxygens (including phenoxy) is 1. The zero-order valence-electron chi connectivity index (χ0n) is 10.7. The van der Waals surface area contributed by atoms with Gasteiger partial charge in [-0.1, -0.05) is 11.6 Å². The van der Waals surface area contributed by atoms with Crippen molar-refractivity contribution >= 4 is 29.1 Å². The first-order chi connectivity index (χ1) is 10.0. The van der Waals surface area contributed by atoms with Gasteiger partial charge < -0.3 is 4.74 Å². The van der Waals surface area contributed by atoms with E-state index in [0.717, 1.165) is 6.07 Å². The molecule has 108 valence electrons. The van der Waals surface area contributed by atoms with Crippen LogP contribution in [0.4, 0.5) is 11.6 Å². The fourth-order valence-corrected chi connectivity index (χ4v) is 1.68. The summed E-state index contributed by atoms with van der Waals surface area (Å²) in [5, 5.41) is 13.5. The highest BCUT2D eigenvalue weighted by atomic mass is 35.5. The van der Waals surface area contributed by atoms with Gasteiger partial charge in [0.2, 0.25) is 5.95 Å². The molecule has 0 atom stereocenters. The fraction of sp³-hybridized carbons (Fsp3) is 0.0833. The van der Waals surface area contributed by atoms with E-state index in [1.54, 1.807) is 0 Å². The van der Waals surface area contributed by atoms with Crippen LogP contribution in [0.2, 0.25) is 5.15 Å². The highest BCUT2D eigenvalue weighted by molar-refractivity contribution is 6.29. The molecule has 0 bridgehead atoms. The molecule has 8 nitrogen and oxygen atoms in total. The van der Waals surface area contributed by atoms with Crippen LogP contribution in [0.15, 0.2) is 30.5 Å². The van der Waals surface area contributed by atoms with Gasteiger partial charge in [-0.25, -0.2) is 9.97 Å². The Hall–Kier alpha value is -2.74. The number of nitro groups is 1. The van der Waals surface area contributed by atoms with Crippen LogP contribution in [0.1, 0.15) is 10.4 Å². The number of anilines is 1. The Bertz CT molecular complexity index is 707. The van der Waals surface area contributed by atoms with Crippen molar-refractivity contribution in [3.63, 3.8) is 0 Å². The van der Waals surface area contributed by atoms with Gasteiger partial charge in [-0.05, 0) is 18.2 Å². The second-order valence-corrected chi connectivity index (χ2v) is 4.19. The van der Waals surface area contributed by atoms with Crippen LogP contribution < -0.4 is 10.1 Å². The number of halogens is 1. The summed E-state index contributed by atoms with van der Waals surface area (Å²) in [6.07, 6.45) is 1.38. The number of hydrogen-bond donors (Lipinski definition) is 1. The average Bonchev–Trinajstić information content (AvgIpc) is 2.46. The van der Waals surface area contributed by atoms with Crippen LogP contribution >= 0.6 is 11.6 Å². The zero-order valence-corrected chi connectivity index (χ0v) is 11.5. The molecule has 1 N–H and O–H groups in total. The maximum Gasteiger partial charge on any atom is 0.311 e. The summed E-state index contributed by atoms with van der Waals surface area (Å²) in [5.41, 5.74) is -0.233. The van der Waals surface area contributed by atoms with Gasteiger partial charge in [0.25, 0.3) is 5.91 Å². The van der Waals surface area contributed by atoms with Crippen molar-refractivity contribution in [3.8, 4) is 5.75 Å². The smallest absolute Gasteiger partial charge is 0.311 e. The third-order valence-electron chi connectivity index (χ3n) is 2.48. The molecule has 0 fully saturated rings. The van der Waals surface area contributed by atoms with Crippen LogP contribution in [0.3, 0.4) is 0 Å². The van der Waals surface area contributed by atoms with Gasteiger partial charge in [-0.15, -0.1) is 0 Å². The quantitative estimate of drug-likeness (QED) is 0.527. The second-order valence-electron chi connectivity index (χ2n) is 3.80. The molecule has 2 rings (SSSR count). The number of nitrogens with one attached hydrogen (secondary N) is 1. The molecule has 0 saturated carbocycles. The molecule has 0 saturated heterocycles. The fourth-order valence-electron chi connectivity index (χ4n) is 1.54. The zero-order chi connectivity index (χ0) is 15.4. The molecule has 0 aliphatic rings. The summed E-state index contributed by atoms with van der Waals surface area (Å²) in [6.45, 7) is 0. The first kappa shape index (κ1) is 14.7. The summed E-state index contributed by atoms with van der Waals surface area (Å²) >= 11 is 5.67. The predicted octanol–water partition coefficient (Wildman–Crippen LogP) is 2.30. The molecular weight excluding hydrogens is 300 g/mol. The molecule has 1 amide bonds. The maximum atomic E-state index is 12.0. The molecule has 0 spiro atoms. The van der Waals surface area contributed by atoms with E-state index in [1.807, 2.05) is 0 Å². The van der Waals surface area contributed by atoms with Crippen LogP contribution in [0.5, 0.6) is 5.75 Å². The molecule has 2 aromatic rings. The lowest BCUT2D eigenvalue weighted by atomic mass is 10.2. The molecule has 0 radical (unpaired) electrons. The minimum Gasteiger partial charge on any atom is -0.490 e. The van der Waals surface area contributed by atoms with Crippen molar-refractivity contribution in [1.82, 2.24) is 9.97 Å². The van der Waals surface area contributed by atoms with Crippen molar-refractivity contribution in [2.24, 2.45) is 0 Å². The highest BCUT2D eigenvalue weighted by Gasteiger charge is 2.18. The summed E-state index contributed by atoms with van der Waals surface area (Å²) in [5.74, 6) is -0.524. The Morgan fingerprint density at radius 3 is 2.81 bits per heavy atom. The van der Waals surface area contributed by atoms with Gasteiger partial charge in [0.15, 0.2) is 5.75 Å². The van der Waals surface area contributed by atoms with E-state index in [2.05, 4.69) is 15.3 Å². The summed E-state index contributed by atoms with van der Waals surface area (Å²) < 4.78 is 4.86. The number of nitrogens with zero attached hydrogens (tertiary/aromatic N) is 3. The van der Waals surface area contributed by atoms with E-state index in [1.165, 1.54) is 31.5 Å². The first-order valence-electron chi connectivity index (χ1n) is 5.63. The van der Waals surface area contributed by atoms with E-state index in [4.69, 9.17) is 16.3 Å². The number of hydrogen-bond acceptors (Lipinski definition) is 6. The van der Waals surface area contributed by atoms with Crippen molar-refractivity contribution in [2.75, 3.05) is 12.4 Å². The molecule has 0 aliphatic carbocycles. The molecule has 1 aromatic carbocycles. The van der Waals surface area contributed by atoms with E-state index < -0.39 is 10.8 Å². The van der Waals surface area contributed by atoms with Crippen LogP contribution in [0, 0.1) is 10.1 Å². The Kier molecular flexibility index (Phi) is 4.29. The van der Waals surface area contributed by atoms with Crippen molar-refractivity contribution in [2.45, 2.75) is 0 Å². The Balaban J connectivity index is 2.27. The first-order valence-corrected chi connectivity index (χ1v) is 6.01. The molecule has 9 heteroatoms. The second kappa shape index (κ2) is 6.14.